The van der Waals surface area contributed by atoms with E-state index in [0.29, 0.717) is 32.9 Å². The monoisotopic (exact) mass is 439 g/mol. The SMILES string of the molecule is CC1=CC(=O)C2=C(C1=O)[C@@H](c1cc(Cl)ccc1O)C1=CCn3c(=O)n(C)c(=O)n3[C@@H]1C2. The summed E-state index contributed by atoms with van der Waals surface area (Å²) in [6, 6.07) is 3.90. The van der Waals surface area contributed by atoms with Gasteiger partial charge in [0.25, 0.3) is 0 Å². The van der Waals surface area contributed by atoms with Crippen molar-refractivity contribution < 1.29 is 14.7 Å². The second kappa shape index (κ2) is 6.55. The molecule has 0 saturated carbocycles. The van der Waals surface area contributed by atoms with E-state index in [1.54, 1.807) is 19.1 Å². The van der Waals surface area contributed by atoms with Crippen molar-refractivity contribution in [3.63, 3.8) is 0 Å². The van der Waals surface area contributed by atoms with Crippen molar-refractivity contribution in [2.45, 2.75) is 31.8 Å². The van der Waals surface area contributed by atoms with E-state index in [2.05, 4.69) is 0 Å². The third-order valence-corrected chi connectivity index (χ3v) is 6.56. The molecule has 0 spiro atoms. The Kier molecular flexibility index (Phi) is 4.14. The molecule has 1 N–H and O–H groups in total. The number of rotatable bonds is 1. The lowest BCUT2D eigenvalue weighted by atomic mass is 9.67. The number of carbonyl (C=O) groups excluding carboxylic acids is 2. The van der Waals surface area contributed by atoms with Crippen LogP contribution in [0, 0.1) is 0 Å². The minimum absolute atomic E-state index is 0.0707. The zero-order valence-corrected chi connectivity index (χ0v) is 17.5. The molecule has 9 heteroatoms. The molecule has 158 valence electrons. The molecule has 2 heterocycles. The molecule has 1 aromatic heterocycles. The van der Waals surface area contributed by atoms with E-state index in [-0.39, 0.29) is 30.3 Å². The van der Waals surface area contributed by atoms with Crippen LogP contribution in [0.5, 0.6) is 5.75 Å². The summed E-state index contributed by atoms with van der Waals surface area (Å²) >= 11 is 6.20. The van der Waals surface area contributed by atoms with Gasteiger partial charge in [0.15, 0.2) is 11.6 Å². The number of ketones is 2. The van der Waals surface area contributed by atoms with Crippen LogP contribution in [-0.4, -0.2) is 30.6 Å². The lowest BCUT2D eigenvalue weighted by molar-refractivity contribution is -0.116. The molecule has 3 aliphatic rings. The number of aromatic hydroxyl groups is 1. The number of nitrogens with zero attached hydrogens (tertiary/aromatic N) is 3. The summed E-state index contributed by atoms with van der Waals surface area (Å²) in [4.78, 5) is 51.4. The molecule has 1 aliphatic heterocycles. The topological polar surface area (TPSA) is 103 Å². The quantitative estimate of drug-likeness (QED) is 0.538. The first-order valence-corrected chi connectivity index (χ1v) is 10.2. The normalized spacial score (nSPS) is 22.5. The molecule has 2 aliphatic carbocycles. The number of carbonyl (C=O) groups is 2. The number of phenolic OH excluding ortho intramolecular Hbond substituents is 1. The number of halogens is 1. The second-order valence-corrected chi connectivity index (χ2v) is 8.46. The summed E-state index contributed by atoms with van der Waals surface area (Å²) in [5.41, 5.74) is 1.01. The summed E-state index contributed by atoms with van der Waals surface area (Å²) in [5, 5.41) is 11.0. The number of benzene rings is 1. The molecule has 8 nitrogen and oxygen atoms in total. The van der Waals surface area contributed by atoms with Crippen LogP contribution in [0.3, 0.4) is 0 Å². The van der Waals surface area contributed by atoms with Gasteiger partial charge in [-0.2, -0.15) is 0 Å². The van der Waals surface area contributed by atoms with Crippen LogP contribution >= 0.6 is 11.6 Å². The fraction of sp³-hybridized carbons (Fsp3) is 0.273. The summed E-state index contributed by atoms with van der Waals surface area (Å²) in [5.74, 6) is -1.41. The van der Waals surface area contributed by atoms with Crippen LogP contribution < -0.4 is 11.4 Å². The van der Waals surface area contributed by atoms with Gasteiger partial charge in [-0.1, -0.05) is 17.7 Å². The standard InChI is InChI=1S/C22H18ClN3O5/c1-10-7-17(28)14-9-15-12(5-6-25-21(30)24(2)22(31)26(15)25)18(19(14)20(10)29)13-8-11(23)3-4-16(13)27/h3-5,7-8,15,18,27H,6,9H2,1-2H3/t15-,18-/m1/s1. The van der Waals surface area contributed by atoms with Crippen molar-refractivity contribution in [1.29, 1.82) is 0 Å². The third-order valence-electron chi connectivity index (χ3n) is 6.32. The number of hydrogen-bond donors (Lipinski definition) is 1. The fourth-order valence-corrected chi connectivity index (χ4v) is 5.03. The molecule has 5 rings (SSSR count). The van der Waals surface area contributed by atoms with E-state index in [4.69, 9.17) is 11.6 Å². The minimum atomic E-state index is -0.761. The van der Waals surface area contributed by atoms with Gasteiger partial charge in [0.05, 0.1) is 12.6 Å². The van der Waals surface area contributed by atoms with Crippen LogP contribution in [-0.2, 0) is 23.2 Å². The second-order valence-electron chi connectivity index (χ2n) is 8.02. The van der Waals surface area contributed by atoms with E-state index in [1.165, 1.54) is 34.6 Å². The summed E-state index contributed by atoms with van der Waals surface area (Å²) in [6.45, 7) is 1.72. The smallest absolute Gasteiger partial charge is 0.347 e. The highest BCUT2D eigenvalue weighted by Crippen LogP contribution is 2.51. The largest absolute Gasteiger partial charge is 0.508 e. The Morgan fingerprint density at radius 3 is 2.61 bits per heavy atom. The summed E-state index contributed by atoms with van der Waals surface area (Å²) in [7, 11) is 1.40. The van der Waals surface area contributed by atoms with E-state index in [0.717, 1.165) is 4.57 Å². The van der Waals surface area contributed by atoms with Gasteiger partial charge in [-0.25, -0.2) is 23.5 Å². The predicted octanol–water partition coefficient (Wildman–Crippen LogP) is 1.77. The Hall–Kier alpha value is -3.39. The number of allylic oxidation sites excluding steroid dienone is 6. The predicted molar refractivity (Wildman–Crippen MR) is 112 cm³/mol. The zero-order chi connectivity index (χ0) is 22.2. The molecule has 2 atom stereocenters. The maximum absolute atomic E-state index is 13.2. The molecular weight excluding hydrogens is 422 g/mol. The molecule has 0 fully saturated rings. The van der Waals surface area contributed by atoms with Gasteiger partial charge in [-0.3, -0.25) is 9.59 Å². The van der Waals surface area contributed by atoms with Crippen LogP contribution in [0.2, 0.25) is 5.02 Å². The van der Waals surface area contributed by atoms with Crippen molar-refractivity contribution in [3.8, 4) is 5.75 Å². The lowest BCUT2D eigenvalue weighted by Gasteiger charge is -2.39. The molecule has 0 unspecified atom stereocenters. The van der Waals surface area contributed by atoms with Gasteiger partial charge >= 0.3 is 11.4 Å². The van der Waals surface area contributed by atoms with E-state index in [1.807, 2.05) is 0 Å². The Balaban J connectivity index is 1.82. The van der Waals surface area contributed by atoms with Crippen molar-refractivity contribution in [1.82, 2.24) is 13.9 Å². The third kappa shape index (κ3) is 2.61. The Morgan fingerprint density at radius 1 is 1.13 bits per heavy atom. The highest BCUT2D eigenvalue weighted by molar-refractivity contribution is 6.30. The van der Waals surface area contributed by atoms with Gasteiger partial charge in [-0.05, 0) is 36.8 Å². The number of aromatic nitrogens is 3. The maximum Gasteiger partial charge on any atom is 0.347 e. The summed E-state index contributed by atoms with van der Waals surface area (Å²) in [6.07, 6.45) is 3.21. The molecule has 0 saturated heterocycles. The molecule has 0 bridgehead atoms. The van der Waals surface area contributed by atoms with Crippen LogP contribution in [0.1, 0.15) is 30.9 Å². The first-order valence-electron chi connectivity index (χ1n) is 9.77. The van der Waals surface area contributed by atoms with Crippen LogP contribution in [0.25, 0.3) is 0 Å². The number of Topliss-reactive ketones (excluding diaryl/α,β-unsaturated/α-hetero) is 1. The Morgan fingerprint density at radius 2 is 1.87 bits per heavy atom. The average Bonchev–Trinajstić information content (AvgIpc) is 2.96. The van der Waals surface area contributed by atoms with Crippen molar-refractivity contribution in [2.24, 2.45) is 7.05 Å². The highest BCUT2D eigenvalue weighted by atomic mass is 35.5. The summed E-state index contributed by atoms with van der Waals surface area (Å²) < 4.78 is 3.69. The van der Waals surface area contributed by atoms with E-state index >= 15 is 0 Å². The number of phenols is 1. The first-order chi connectivity index (χ1) is 14.7. The molecular formula is C22H18ClN3O5. The Bertz CT molecular complexity index is 1420. The van der Waals surface area contributed by atoms with Crippen molar-refractivity contribution in [2.75, 3.05) is 0 Å². The number of fused-ring (bicyclic) bond motifs is 3. The van der Waals surface area contributed by atoms with Gasteiger partial charge in [-0.15, -0.1) is 0 Å². The molecule has 31 heavy (non-hydrogen) atoms. The molecule has 2 aromatic rings. The maximum atomic E-state index is 13.2. The molecule has 1 aromatic carbocycles. The zero-order valence-electron chi connectivity index (χ0n) is 16.8. The molecule has 0 amide bonds. The fourth-order valence-electron chi connectivity index (χ4n) is 4.85. The lowest BCUT2D eigenvalue weighted by Crippen LogP contribution is -2.40. The number of hydrogen-bond acceptors (Lipinski definition) is 5. The van der Waals surface area contributed by atoms with E-state index < -0.39 is 23.3 Å². The van der Waals surface area contributed by atoms with Gasteiger partial charge in [0.2, 0.25) is 0 Å². The van der Waals surface area contributed by atoms with E-state index in [9.17, 15) is 24.3 Å². The van der Waals surface area contributed by atoms with Crippen molar-refractivity contribution >= 4 is 23.2 Å². The molecule has 0 radical (unpaired) electrons. The van der Waals surface area contributed by atoms with Crippen LogP contribution in [0.4, 0.5) is 0 Å². The van der Waals surface area contributed by atoms with Gasteiger partial charge in [0.1, 0.15) is 5.75 Å². The highest BCUT2D eigenvalue weighted by Gasteiger charge is 2.45. The minimum Gasteiger partial charge on any atom is -0.508 e. The Labute approximate surface area is 181 Å². The van der Waals surface area contributed by atoms with Crippen LogP contribution in [0.15, 0.2) is 62.2 Å². The van der Waals surface area contributed by atoms with Gasteiger partial charge < -0.3 is 5.11 Å². The van der Waals surface area contributed by atoms with Gasteiger partial charge in [0, 0.05) is 46.7 Å². The first kappa shape index (κ1) is 19.6. The van der Waals surface area contributed by atoms with Crippen molar-refractivity contribution in [3.05, 3.63) is 84.2 Å². The average molecular weight is 440 g/mol.